The van der Waals surface area contributed by atoms with Gasteiger partial charge in [-0.3, -0.25) is 9.59 Å². The Morgan fingerprint density at radius 2 is 1.91 bits per heavy atom. The van der Waals surface area contributed by atoms with E-state index in [1.54, 1.807) is 4.90 Å². The van der Waals surface area contributed by atoms with Crippen molar-refractivity contribution in [1.82, 2.24) is 9.80 Å². The van der Waals surface area contributed by atoms with Crippen molar-refractivity contribution < 1.29 is 14.3 Å². The number of carbonyl (C=O) groups is 2. The van der Waals surface area contributed by atoms with Gasteiger partial charge in [-0.2, -0.15) is 0 Å². The minimum absolute atomic E-state index is 0.0849. The Balaban J connectivity index is 0.00000232. The fourth-order valence-corrected chi connectivity index (χ4v) is 2.54. The molecule has 1 saturated heterocycles. The van der Waals surface area contributed by atoms with Crippen LogP contribution in [0.1, 0.15) is 59.3 Å². The smallest absolute Gasteiger partial charge is 0.311 e. The van der Waals surface area contributed by atoms with E-state index in [4.69, 9.17) is 4.74 Å². The molecule has 0 aromatic rings. The average Bonchev–Trinajstić information content (AvgIpc) is 2.90. The number of carbonyl (C=O) groups excluding carboxylic acids is 2. The summed E-state index contributed by atoms with van der Waals surface area (Å²) in [5, 5.41) is 0. The van der Waals surface area contributed by atoms with Gasteiger partial charge in [-0.15, -0.1) is 0 Å². The second-order valence-electron chi connectivity index (χ2n) is 6.13. The van der Waals surface area contributed by atoms with Gasteiger partial charge in [0, 0.05) is 19.5 Å². The van der Waals surface area contributed by atoms with E-state index in [0.29, 0.717) is 19.6 Å². The standard InChI is InChI=1S/C16H30N2O3.C2H6/c1-4-5-6-7-11-21-16(20)14-12-15(19)18(13-14)10-8-9-17(2)3;1-2/h14H,4-13H2,1-3H3;1-2H3. The van der Waals surface area contributed by atoms with Crippen LogP contribution in [0.25, 0.3) is 0 Å². The van der Waals surface area contributed by atoms with Gasteiger partial charge < -0.3 is 14.5 Å². The molecule has 23 heavy (non-hydrogen) atoms. The molecule has 1 aliphatic rings. The Labute approximate surface area is 142 Å². The van der Waals surface area contributed by atoms with Crippen LogP contribution in [0, 0.1) is 5.92 Å². The maximum absolute atomic E-state index is 11.9. The number of amides is 1. The van der Waals surface area contributed by atoms with E-state index in [1.165, 1.54) is 12.8 Å². The van der Waals surface area contributed by atoms with Crippen LogP contribution in [0.3, 0.4) is 0 Å². The molecule has 0 aromatic heterocycles. The summed E-state index contributed by atoms with van der Waals surface area (Å²) in [6, 6.07) is 0. The van der Waals surface area contributed by atoms with Gasteiger partial charge in [-0.05, 0) is 33.5 Å². The summed E-state index contributed by atoms with van der Waals surface area (Å²) in [6.45, 7) is 8.86. The third kappa shape index (κ3) is 9.59. The Morgan fingerprint density at radius 3 is 2.52 bits per heavy atom. The summed E-state index contributed by atoms with van der Waals surface area (Å²) in [7, 11) is 4.04. The molecule has 1 fully saturated rings. The summed E-state index contributed by atoms with van der Waals surface area (Å²) in [5.74, 6) is -0.375. The zero-order valence-corrected chi connectivity index (χ0v) is 15.8. The second kappa shape index (κ2) is 13.3. The van der Waals surface area contributed by atoms with Gasteiger partial charge in [0.15, 0.2) is 0 Å². The molecule has 0 aliphatic carbocycles. The highest BCUT2D eigenvalue weighted by molar-refractivity contribution is 5.86. The average molecular weight is 328 g/mol. The Hall–Kier alpha value is -1.10. The lowest BCUT2D eigenvalue weighted by Crippen LogP contribution is -2.29. The maximum Gasteiger partial charge on any atom is 0.311 e. The molecule has 1 aliphatic heterocycles. The quantitative estimate of drug-likeness (QED) is 0.457. The number of rotatable bonds is 10. The molecule has 0 aromatic carbocycles. The van der Waals surface area contributed by atoms with Crippen molar-refractivity contribution in [3.63, 3.8) is 0 Å². The highest BCUT2D eigenvalue weighted by atomic mass is 16.5. The summed E-state index contributed by atoms with van der Waals surface area (Å²) < 4.78 is 5.29. The highest BCUT2D eigenvalue weighted by Gasteiger charge is 2.34. The lowest BCUT2D eigenvalue weighted by Gasteiger charge is -2.17. The minimum atomic E-state index is -0.261. The monoisotopic (exact) mass is 328 g/mol. The molecule has 1 amide bonds. The number of esters is 1. The molecule has 136 valence electrons. The number of nitrogens with zero attached hydrogens (tertiary/aromatic N) is 2. The van der Waals surface area contributed by atoms with E-state index in [0.717, 1.165) is 32.4 Å². The zero-order chi connectivity index (χ0) is 17.7. The third-order valence-corrected chi connectivity index (χ3v) is 3.82. The number of hydrogen-bond donors (Lipinski definition) is 0. The summed E-state index contributed by atoms with van der Waals surface area (Å²) >= 11 is 0. The first-order valence-electron chi connectivity index (χ1n) is 9.13. The molecule has 0 saturated carbocycles. The van der Waals surface area contributed by atoms with E-state index in [1.807, 2.05) is 27.9 Å². The predicted molar refractivity (Wildman–Crippen MR) is 94.3 cm³/mol. The number of hydrogen-bond acceptors (Lipinski definition) is 4. The summed E-state index contributed by atoms with van der Waals surface area (Å²) in [4.78, 5) is 27.7. The van der Waals surface area contributed by atoms with Gasteiger partial charge in [0.05, 0.1) is 12.5 Å². The molecular weight excluding hydrogens is 292 g/mol. The van der Waals surface area contributed by atoms with Crippen molar-refractivity contribution in [2.45, 2.75) is 59.3 Å². The van der Waals surface area contributed by atoms with E-state index in [2.05, 4.69) is 11.8 Å². The van der Waals surface area contributed by atoms with Crippen molar-refractivity contribution in [3.05, 3.63) is 0 Å². The maximum atomic E-state index is 11.9. The molecule has 1 atom stereocenters. The first kappa shape index (κ1) is 21.9. The third-order valence-electron chi connectivity index (χ3n) is 3.82. The van der Waals surface area contributed by atoms with Crippen molar-refractivity contribution in [2.24, 2.45) is 5.92 Å². The molecular formula is C18H36N2O3. The number of unbranched alkanes of at least 4 members (excludes halogenated alkanes) is 3. The van der Waals surface area contributed by atoms with Crippen LogP contribution in [-0.2, 0) is 14.3 Å². The van der Waals surface area contributed by atoms with Crippen LogP contribution in [0.2, 0.25) is 0 Å². The van der Waals surface area contributed by atoms with Crippen molar-refractivity contribution in [1.29, 1.82) is 0 Å². The van der Waals surface area contributed by atoms with Crippen LogP contribution in [-0.4, -0.2) is 62.0 Å². The molecule has 0 radical (unpaired) electrons. The van der Waals surface area contributed by atoms with Crippen LogP contribution in [0.5, 0.6) is 0 Å². The van der Waals surface area contributed by atoms with Gasteiger partial charge in [-0.25, -0.2) is 0 Å². The largest absolute Gasteiger partial charge is 0.465 e. The van der Waals surface area contributed by atoms with E-state index < -0.39 is 0 Å². The Kier molecular flexibility index (Phi) is 12.7. The number of ether oxygens (including phenoxy) is 1. The topological polar surface area (TPSA) is 49.9 Å². The van der Waals surface area contributed by atoms with Crippen LogP contribution >= 0.6 is 0 Å². The number of likely N-dealkylation sites (tertiary alicyclic amines) is 1. The van der Waals surface area contributed by atoms with Crippen molar-refractivity contribution in [3.8, 4) is 0 Å². The molecule has 5 nitrogen and oxygen atoms in total. The van der Waals surface area contributed by atoms with Crippen molar-refractivity contribution in [2.75, 3.05) is 40.3 Å². The fraction of sp³-hybridized carbons (Fsp3) is 0.889. The van der Waals surface area contributed by atoms with Crippen molar-refractivity contribution >= 4 is 11.9 Å². The molecule has 0 bridgehead atoms. The second-order valence-corrected chi connectivity index (χ2v) is 6.13. The van der Waals surface area contributed by atoms with Crippen LogP contribution in [0.15, 0.2) is 0 Å². The van der Waals surface area contributed by atoms with E-state index in [-0.39, 0.29) is 17.8 Å². The summed E-state index contributed by atoms with van der Waals surface area (Å²) in [5.41, 5.74) is 0. The molecule has 0 N–H and O–H groups in total. The van der Waals surface area contributed by atoms with E-state index >= 15 is 0 Å². The van der Waals surface area contributed by atoms with Gasteiger partial charge in [0.25, 0.3) is 0 Å². The van der Waals surface area contributed by atoms with Gasteiger partial charge in [0.1, 0.15) is 0 Å². The van der Waals surface area contributed by atoms with Crippen LogP contribution < -0.4 is 0 Å². The Bertz CT molecular complexity index is 332. The first-order valence-corrected chi connectivity index (χ1v) is 9.13. The van der Waals surface area contributed by atoms with Crippen LogP contribution in [0.4, 0.5) is 0 Å². The highest BCUT2D eigenvalue weighted by Crippen LogP contribution is 2.19. The molecule has 1 unspecified atom stereocenters. The van der Waals surface area contributed by atoms with Gasteiger partial charge in [-0.1, -0.05) is 40.0 Å². The molecule has 5 heteroatoms. The fourth-order valence-electron chi connectivity index (χ4n) is 2.54. The first-order chi connectivity index (χ1) is 11.0. The van der Waals surface area contributed by atoms with Gasteiger partial charge >= 0.3 is 5.97 Å². The lowest BCUT2D eigenvalue weighted by atomic mass is 10.1. The Morgan fingerprint density at radius 1 is 1.22 bits per heavy atom. The molecule has 1 heterocycles. The molecule has 1 rings (SSSR count). The van der Waals surface area contributed by atoms with E-state index in [9.17, 15) is 9.59 Å². The predicted octanol–water partition coefficient (Wildman–Crippen LogP) is 2.94. The zero-order valence-electron chi connectivity index (χ0n) is 15.8. The minimum Gasteiger partial charge on any atom is -0.465 e. The molecule has 0 spiro atoms. The SMILES string of the molecule is CC.CCCCCCOC(=O)C1CC(=O)N(CCCN(C)C)C1. The van der Waals surface area contributed by atoms with Gasteiger partial charge in [0.2, 0.25) is 5.91 Å². The lowest BCUT2D eigenvalue weighted by molar-refractivity contribution is -0.148. The normalized spacial score (nSPS) is 17.2. The summed E-state index contributed by atoms with van der Waals surface area (Å²) in [6.07, 6.45) is 5.64.